The van der Waals surface area contributed by atoms with Gasteiger partial charge in [0.15, 0.2) is 0 Å². The highest BCUT2D eigenvalue weighted by molar-refractivity contribution is 6.02. The third-order valence-corrected chi connectivity index (χ3v) is 4.46. The van der Waals surface area contributed by atoms with E-state index < -0.39 is 0 Å². The Bertz CT molecular complexity index is 864. The first-order valence-electron chi connectivity index (χ1n) is 7.56. The summed E-state index contributed by atoms with van der Waals surface area (Å²) in [6.07, 6.45) is 0. The Morgan fingerprint density at radius 2 is 1.55 bits per heavy atom. The number of fused-ring (bicyclic) bond motifs is 3. The minimum absolute atomic E-state index is 0.123. The quantitative estimate of drug-likeness (QED) is 0.692. The molecule has 0 aliphatic carbocycles. The van der Waals surface area contributed by atoms with Crippen molar-refractivity contribution in [2.75, 3.05) is 6.61 Å². The van der Waals surface area contributed by atoms with Crippen LogP contribution in [0.1, 0.15) is 19.4 Å². The van der Waals surface area contributed by atoms with Crippen LogP contribution in [-0.4, -0.2) is 11.7 Å². The van der Waals surface area contributed by atoms with Crippen LogP contribution in [0.25, 0.3) is 21.9 Å². The molecule has 0 radical (unpaired) electrons. The Hall–Kier alpha value is -2.48. The second-order valence-electron chi connectivity index (χ2n) is 6.51. The first kappa shape index (κ1) is 13.2. The van der Waals surface area contributed by atoms with Crippen molar-refractivity contribution in [2.45, 2.75) is 19.3 Å². The average molecular weight is 290 g/mol. The van der Waals surface area contributed by atoms with Crippen LogP contribution in [0.15, 0.2) is 54.6 Å². The first-order chi connectivity index (χ1) is 10.6. The van der Waals surface area contributed by atoms with Crippen molar-refractivity contribution >= 4 is 10.8 Å². The summed E-state index contributed by atoms with van der Waals surface area (Å²) in [5.74, 6) is 1.26. The molecule has 2 heteroatoms. The van der Waals surface area contributed by atoms with E-state index in [4.69, 9.17) is 4.74 Å². The fourth-order valence-corrected chi connectivity index (χ4v) is 3.40. The number of phenols is 1. The highest BCUT2D eigenvalue weighted by Gasteiger charge is 2.37. The molecule has 3 aromatic carbocycles. The molecule has 1 heterocycles. The smallest absolute Gasteiger partial charge is 0.131 e. The van der Waals surface area contributed by atoms with Gasteiger partial charge in [-0.15, -0.1) is 0 Å². The second-order valence-corrected chi connectivity index (χ2v) is 6.51. The minimum atomic E-state index is -0.123. The van der Waals surface area contributed by atoms with Crippen LogP contribution in [0.5, 0.6) is 11.5 Å². The van der Waals surface area contributed by atoms with Gasteiger partial charge >= 0.3 is 0 Å². The lowest BCUT2D eigenvalue weighted by atomic mass is 9.80. The number of hydrogen-bond donors (Lipinski definition) is 1. The Morgan fingerprint density at radius 3 is 2.27 bits per heavy atom. The molecule has 0 unspecified atom stereocenters. The molecule has 1 aliphatic rings. The molecular formula is C20H18O2. The lowest BCUT2D eigenvalue weighted by Crippen LogP contribution is -2.19. The molecule has 0 bridgehead atoms. The maximum Gasteiger partial charge on any atom is 0.131 e. The van der Waals surface area contributed by atoms with E-state index >= 15 is 0 Å². The second kappa shape index (κ2) is 4.51. The summed E-state index contributed by atoms with van der Waals surface area (Å²) in [6, 6.07) is 18.0. The Kier molecular flexibility index (Phi) is 2.70. The summed E-state index contributed by atoms with van der Waals surface area (Å²) >= 11 is 0. The molecule has 0 spiro atoms. The van der Waals surface area contributed by atoms with Gasteiger partial charge in [-0.05, 0) is 5.56 Å². The van der Waals surface area contributed by atoms with Gasteiger partial charge in [-0.2, -0.15) is 0 Å². The van der Waals surface area contributed by atoms with Crippen molar-refractivity contribution in [3.8, 4) is 22.6 Å². The summed E-state index contributed by atoms with van der Waals surface area (Å²) in [6.45, 7) is 4.97. The number of rotatable bonds is 1. The van der Waals surface area contributed by atoms with E-state index in [2.05, 4.69) is 13.8 Å². The third kappa shape index (κ3) is 1.73. The maximum absolute atomic E-state index is 10.9. The fraction of sp³-hybridized carbons (Fsp3) is 0.200. The maximum atomic E-state index is 10.9. The topological polar surface area (TPSA) is 29.5 Å². The molecule has 0 amide bonds. The van der Waals surface area contributed by atoms with Crippen LogP contribution in [-0.2, 0) is 5.41 Å². The molecule has 0 saturated carbocycles. The van der Waals surface area contributed by atoms with Crippen molar-refractivity contribution in [1.82, 2.24) is 0 Å². The number of aromatic hydroxyl groups is 1. The predicted octanol–water partition coefficient (Wildman–Crippen LogP) is 4.88. The molecule has 1 aliphatic heterocycles. The molecule has 3 aromatic rings. The van der Waals surface area contributed by atoms with Crippen LogP contribution in [0, 0.1) is 0 Å². The van der Waals surface area contributed by atoms with Crippen LogP contribution in [0.3, 0.4) is 0 Å². The summed E-state index contributed by atoms with van der Waals surface area (Å²) < 4.78 is 6.03. The Labute approximate surface area is 130 Å². The molecule has 0 atom stereocenters. The van der Waals surface area contributed by atoms with Gasteiger partial charge in [0.25, 0.3) is 0 Å². The zero-order valence-electron chi connectivity index (χ0n) is 12.8. The van der Waals surface area contributed by atoms with Gasteiger partial charge in [-0.1, -0.05) is 68.4 Å². The van der Waals surface area contributed by atoms with Gasteiger partial charge in [-0.3, -0.25) is 0 Å². The molecule has 110 valence electrons. The normalized spacial score (nSPS) is 15.5. The van der Waals surface area contributed by atoms with Crippen LogP contribution < -0.4 is 4.74 Å². The zero-order valence-corrected chi connectivity index (χ0v) is 12.8. The summed E-state index contributed by atoms with van der Waals surface area (Å²) in [5, 5.41) is 12.8. The van der Waals surface area contributed by atoms with E-state index in [1.54, 1.807) is 0 Å². The summed E-state index contributed by atoms with van der Waals surface area (Å²) in [7, 11) is 0. The Morgan fingerprint density at radius 1 is 0.909 bits per heavy atom. The monoisotopic (exact) mass is 290 g/mol. The van der Waals surface area contributed by atoms with E-state index in [0.717, 1.165) is 33.2 Å². The van der Waals surface area contributed by atoms with E-state index in [9.17, 15) is 5.11 Å². The zero-order chi connectivity index (χ0) is 15.3. The molecular weight excluding hydrogens is 272 g/mol. The van der Waals surface area contributed by atoms with E-state index in [1.165, 1.54) is 0 Å². The van der Waals surface area contributed by atoms with Gasteiger partial charge in [0.2, 0.25) is 0 Å². The van der Waals surface area contributed by atoms with E-state index in [1.807, 2.05) is 54.6 Å². The fourth-order valence-electron chi connectivity index (χ4n) is 3.40. The summed E-state index contributed by atoms with van der Waals surface area (Å²) in [5.41, 5.74) is 2.91. The first-order valence-corrected chi connectivity index (χ1v) is 7.56. The molecule has 0 fully saturated rings. The molecule has 2 nitrogen and oxygen atoms in total. The van der Waals surface area contributed by atoms with Crippen LogP contribution in [0.2, 0.25) is 0 Å². The largest absolute Gasteiger partial charge is 0.507 e. The Balaban J connectivity index is 2.19. The van der Waals surface area contributed by atoms with Crippen molar-refractivity contribution in [1.29, 1.82) is 0 Å². The van der Waals surface area contributed by atoms with Crippen molar-refractivity contribution < 1.29 is 9.84 Å². The van der Waals surface area contributed by atoms with Crippen LogP contribution >= 0.6 is 0 Å². The number of ether oxygens (including phenoxy) is 1. The lowest BCUT2D eigenvalue weighted by molar-refractivity contribution is 0.293. The predicted molar refractivity (Wildman–Crippen MR) is 89.6 cm³/mol. The average Bonchev–Trinajstić information content (AvgIpc) is 2.85. The van der Waals surface area contributed by atoms with Gasteiger partial charge in [0.05, 0.1) is 6.61 Å². The lowest BCUT2D eigenvalue weighted by Gasteiger charge is -2.21. The number of benzene rings is 3. The van der Waals surface area contributed by atoms with Crippen molar-refractivity contribution in [3.05, 3.63) is 60.2 Å². The highest BCUT2D eigenvalue weighted by atomic mass is 16.5. The molecule has 22 heavy (non-hydrogen) atoms. The minimum Gasteiger partial charge on any atom is -0.507 e. The van der Waals surface area contributed by atoms with E-state index in [-0.39, 0.29) is 5.41 Å². The van der Waals surface area contributed by atoms with Crippen LogP contribution in [0.4, 0.5) is 0 Å². The van der Waals surface area contributed by atoms with Gasteiger partial charge < -0.3 is 9.84 Å². The standard InChI is InChI=1S/C20H18O2/c1-20(2)12-22-19-15-11-7-6-10-14(15)18(21)16(17(19)20)13-8-4-3-5-9-13/h3-11,21H,12H2,1-2H3. The number of phenolic OH excluding ortho intramolecular Hbond substituents is 1. The molecule has 4 rings (SSSR count). The molecule has 1 N–H and O–H groups in total. The van der Waals surface area contributed by atoms with Crippen molar-refractivity contribution in [3.63, 3.8) is 0 Å². The van der Waals surface area contributed by atoms with E-state index in [0.29, 0.717) is 12.4 Å². The summed E-state index contributed by atoms with van der Waals surface area (Å²) in [4.78, 5) is 0. The highest BCUT2D eigenvalue weighted by Crippen LogP contribution is 2.52. The number of hydrogen-bond acceptors (Lipinski definition) is 2. The molecule has 0 saturated heterocycles. The van der Waals surface area contributed by atoms with Gasteiger partial charge in [0.1, 0.15) is 11.5 Å². The third-order valence-electron chi connectivity index (χ3n) is 4.46. The van der Waals surface area contributed by atoms with Gasteiger partial charge in [0, 0.05) is 27.3 Å². The SMILES string of the molecule is CC1(C)COc2c1c(-c1ccccc1)c(O)c1ccccc21. The van der Waals surface area contributed by atoms with Gasteiger partial charge in [-0.25, -0.2) is 0 Å². The van der Waals surface area contributed by atoms with Crippen molar-refractivity contribution in [2.24, 2.45) is 0 Å². The molecule has 0 aromatic heterocycles.